The Morgan fingerprint density at radius 1 is 1.44 bits per heavy atom. The molecule has 0 bridgehead atoms. The van der Waals surface area contributed by atoms with E-state index in [1.807, 2.05) is 6.92 Å². The van der Waals surface area contributed by atoms with Crippen molar-refractivity contribution in [2.75, 3.05) is 5.32 Å². The Morgan fingerprint density at radius 2 is 2.11 bits per heavy atom. The van der Waals surface area contributed by atoms with E-state index in [1.54, 1.807) is 25.1 Å². The number of carbonyl (C=O) groups is 2. The van der Waals surface area contributed by atoms with Gasteiger partial charge < -0.3 is 15.7 Å². The summed E-state index contributed by atoms with van der Waals surface area (Å²) in [7, 11) is 0. The normalized spacial score (nSPS) is 11.7. The number of urea groups is 1. The van der Waals surface area contributed by atoms with Crippen molar-refractivity contribution in [1.29, 1.82) is 0 Å². The number of amides is 2. The van der Waals surface area contributed by atoms with Gasteiger partial charge >= 0.3 is 12.0 Å². The van der Waals surface area contributed by atoms with Crippen LogP contribution in [0.5, 0.6) is 0 Å². The first-order valence-corrected chi connectivity index (χ1v) is 5.81. The van der Waals surface area contributed by atoms with Crippen molar-refractivity contribution in [2.24, 2.45) is 0 Å². The maximum atomic E-state index is 11.5. The zero-order chi connectivity index (χ0) is 13.7. The van der Waals surface area contributed by atoms with Crippen LogP contribution in [0, 0.1) is 6.92 Å². The molecule has 3 N–H and O–H groups in total. The lowest BCUT2D eigenvalue weighted by Gasteiger charge is -2.13. The Bertz CT molecular complexity index is 463. The Morgan fingerprint density at radius 3 is 2.67 bits per heavy atom. The molecule has 1 unspecified atom stereocenters. The van der Waals surface area contributed by atoms with Crippen molar-refractivity contribution in [3.05, 3.63) is 28.8 Å². The fourth-order valence-corrected chi connectivity index (χ4v) is 1.56. The summed E-state index contributed by atoms with van der Waals surface area (Å²) in [5, 5.41) is 14.2. The topological polar surface area (TPSA) is 78.4 Å². The van der Waals surface area contributed by atoms with E-state index in [-0.39, 0.29) is 6.42 Å². The third-order valence-corrected chi connectivity index (χ3v) is 2.70. The number of carbonyl (C=O) groups excluding carboxylic acids is 1. The van der Waals surface area contributed by atoms with E-state index < -0.39 is 18.0 Å². The Kier molecular flexibility index (Phi) is 4.97. The predicted octanol–water partition coefficient (Wildman–Crippen LogP) is 2.63. The van der Waals surface area contributed by atoms with Gasteiger partial charge in [0.1, 0.15) is 0 Å². The van der Waals surface area contributed by atoms with Gasteiger partial charge in [-0.1, -0.05) is 17.7 Å². The molecule has 18 heavy (non-hydrogen) atoms. The summed E-state index contributed by atoms with van der Waals surface area (Å²) in [5.74, 6) is -0.957. The van der Waals surface area contributed by atoms with Crippen molar-refractivity contribution in [1.82, 2.24) is 5.32 Å². The number of anilines is 1. The number of carboxylic acids is 1. The second-order valence-electron chi connectivity index (χ2n) is 4.06. The van der Waals surface area contributed by atoms with Crippen LogP contribution >= 0.6 is 11.6 Å². The number of hydrogen-bond acceptors (Lipinski definition) is 2. The van der Waals surface area contributed by atoms with E-state index in [1.165, 1.54) is 0 Å². The summed E-state index contributed by atoms with van der Waals surface area (Å²) in [5.41, 5.74) is 1.48. The van der Waals surface area contributed by atoms with Crippen LogP contribution in [-0.4, -0.2) is 23.1 Å². The van der Waals surface area contributed by atoms with E-state index in [4.69, 9.17) is 16.7 Å². The molecular formula is C12H15ClN2O3. The van der Waals surface area contributed by atoms with Crippen LogP contribution < -0.4 is 10.6 Å². The van der Waals surface area contributed by atoms with Gasteiger partial charge in [0.05, 0.1) is 6.42 Å². The standard InChI is InChI=1S/C12H15ClN2O3/c1-7-3-4-9(6-10(7)13)15-12(18)14-8(2)5-11(16)17/h3-4,6,8H,5H2,1-2H3,(H,16,17)(H2,14,15,18). The fourth-order valence-electron chi connectivity index (χ4n) is 1.37. The Labute approximate surface area is 110 Å². The second-order valence-corrected chi connectivity index (χ2v) is 4.47. The van der Waals surface area contributed by atoms with Crippen molar-refractivity contribution in [3.63, 3.8) is 0 Å². The van der Waals surface area contributed by atoms with E-state index in [0.29, 0.717) is 10.7 Å². The largest absolute Gasteiger partial charge is 0.481 e. The minimum absolute atomic E-state index is 0.123. The first-order chi connectivity index (χ1) is 8.38. The van der Waals surface area contributed by atoms with Gasteiger partial charge in [-0.15, -0.1) is 0 Å². The molecule has 0 radical (unpaired) electrons. The second kappa shape index (κ2) is 6.26. The molecular weight excluding hydrogens is 256 g/mol. The number of rotatable bonds is 4. The van der Waals surface area contributed by atoms with Crippen LogP contribution in [0.3, 0.4) is 0 Å². The molecule has 0 aromatic heterocycles. The SMILES string of the molecule is Cc1ccc(NC(=O)NC(C)CC(=O)O)cc1Cl. The number of nitrogens with one attached hydrogen (secondary N) is 2. The Balaban J connectivity index is 2.54. The predicted molar refractivity (Wildman–Crippen MR) is 70.1 cm³/mol. The van der Waals surface area contributed by atoms with Crippen molar-refractivity contribution >= 4 is 29.3 Å². The molecule has 1 atom stereocenters. The zero-order valence-corrected chi connectivity index (χ0v) is 10.9. The average molecular weight is 271 g/mol. The molecule has 0 aliphatic carbocycles. The van der Waals surface area contributed by atoms with Crippen molar-refractivity contribution < 1.29 is 14.7 Å². The highest BCUT2D eigenvalue weighted by Gasteiger charge is 2.11. The minimum atomic E-state index is -0.957. The van der Waals surface area contributed by atoms with Crippen molar-refractivity contribution in [2.45, 2.75) is 26.3 Å². The van der Waals surface area contributed by atoms with Crippen LogP contribution in [-0.2, 0) is 4.79 Å². The van der Waals surface area contributed by atoms with Gasteiger partial charge in [0, 0.05) is 16.8 Å². The lowest BCUT2D eigenvalue weighted by molar-refractivity contribution is -0.137. The molecule has 0 heterocycles. The van der Waals surface area contributed by atoms with E-state index in [2.05, 4.69) is 10.6 Å². The number of aliphatic carboxylic acids is 1. The molecule has 0 fully saturated rings. The van der Waals surface area contributed by atoms with Crippen LogP contribution in [0.2, 0.25) is 5.02 Å². The van der Waals surface area contributed by atoms with Crippen LogP contribution in [0.4, 0.5) is 10.5 Å². The molecule has 0 saturated heterocycles. The molecule has 1 aromatic rings. The first-order valence-electron chi connectivity index (χ1n) is 5.44. The smallest absolute Gasteiger partial charge is 0.319 e. The molecule has 2 amide bonds. The van der Waals surface area contributed by atoms with Gasteiger partial charge in [-0.2, -0.15) is 0 Å². The van der Waals surface area contributed by atoms with Gasteiger partial charge in [0.15, 0.2) is 0 Å². The number of benzene rings is 1. The number of halogens is 1. The molecule has 0 aliphatic rings. The summed E-state index contributed by atoms with van der Waals surface area (Å²) in [6, 6.07) is 4.26. The highest BCUT2D eigenvalue weighted by atomic mass is 35.5. The van der Waals surface area contributed by atoms with Crippen LogP contribution in [0.25, 0.3) is 0 Å². The molecule has 98 valence electrons. The van der Waals surface area contributed by atoms with E-state index in [9.17, 15) is 9.59 Å². The number of hydrogen-bond donors (Lipinski definition) is 3. The monoisotopic (exact) mass is 270 g/mol. The maximum absolute atomic E-state index is 11.5. The zero-order valence-electron chi connectivity index (χ0n) is 10.2. The van der Waals surface area contributed by atoms with Gasteiger partial charge in [0.2, 0.25) is 0 Å². The summed E-state index contributed by atoms with van der Waals surface area (Å²) in [4.78, 5) is 22.0. The number of aryl methyl sites for hydroxylation is 1. The third kappa shape index (κ3) is 4.63. The number of carboxylic acid groups (broad SMARTS) is 1. The summed E-state index contributed by atoms with van der Waals surface area (Å²) in [6.07, 6.45) is -0.123. The molecule has 0 saturated carbocycles. The molecule has 6 heteroatoms. The molecule has 0 aliphatic heterocycles. The molecule has 5 nitrogen and oxygen atoms in total. The van der Waals surface area contributed by atoms with E-state index >= 15 is 0 Å². The Hall–Kier alpha value is -1.75. The van der Waals surface area contributed by atoms with Crippen molar-refractivity contribution in [3.8, 4) is 0 Å². The highest BCUT2D eigenvalue weighted by Crippen LogP contribution is 2.19. The van der Waals surface area contributed by atoms with Gasteiger partial charge in [-0.25, -0.2) is 4.79 Å². The highest BCUT2D eigenvalue weighted by molar-refractivity contribution is 6.31. The summed E-state index contributed by atoms with van der Waals surface area (Å²) < 4.78 is 0. The van der Waals surface area contributed by atoms with Gasteiger partial charge in [-0.05, 0) is 31.5 Å². The summed E-state index contributed by atoms with van der Waals surface area (Å²) in [6.45, 7) is 3.48. The maximum Gasteiger partial charge on any atom is 0.319 e. The van der Waals surface area contributed by atoms with Gasteiger partial charge in [0.25, 0.3) is 0 Å². The molecule has 1 aromatic carbocycles. The molecule has 1 rings (SSSR count). The van der Waals surface area contributed by atoms with Crippen LogP contribution in [0.1, 0.15) is 18.9 Å². The minimum Gasteiger partial charge on any atom is -0.481 e. The van der Waals surface area contributed by atoms with Gasteiger partial charge in [-0.3, -0.25) is 4.79 Å². The third-order valence-electron chi connectivity index (χ3n) is 2.29. The fraction of sp³-hybridized carbons (Fsp3) is 0.333. The lowest BCUT2D eigenvalue weighted by Crippen LogP contribution is -2.37. The average Bonchev–Trinajstić information content (AvgIpc) is 2.21. The lowest BCUT2D eigenvalue weighted by atomic mass is 10.2. The first kappa shape index (κ1) is 14.3. The quantitative estimate of drug-likeness (QED) is 0.787. The van der Waals surface area contributed by atoms with Crippen LogP contribution in [0.15, 0.2) is 18.2 Å². The van der Waals surface area contributed by atoms with E-state index in [0.717, 1.165) is 5.56 Å². The summed E-state index contributed by atoms with van der Waals surface area (Å²) >= 11 is 5.92. The molecule has 0 spiro atoms.